The van der Waals surface area contributed by atoms with E-state index < -0.39 is 0 Å². The zero-order valence-corrected chi connectivity index (χ0v) is 12.8. The summed E-state index contributed by atoms with van der Waals surface area (Å²) in [5.74, 6) is -0.0124. The Bertz CT molecular complexity index is 405. The van der Waals surface area contributed by atoms with Gasteiger partial charge in [0, 0.05) is 12.7 Å². The summed E-state index contributed by atoms with van der Waals surface area (Å²) in [6, 6.07) is 7.49. The molecule has 0 amide bonds. The number of methoxy groups -OCH3 is 1. The fourth-order valence-electron chi connectivity index (χ4n) is 1.65. The Labute approximate surface area is 126 Å². The molecule has 0 N–H and O–H groups in total. The van der Waals surface area contributed by atoms with Crippen molar-refractivity contribution >= 4 is 5.78 Å². The second-order valence-electron chi connectivity index (χ2n) is 4.56. The average molecular weight is 296 g/mol. The molecule has 0 aromatic heterocycles. The van der Waals surface area contributed by atoms with Crippen molar-refractivity contribution in [2.24, 2.45) is 0 Å². The largest absolute Gasteiger partial charge is 0.382 e. The molecule has 0 bridgehead atoms. The van der Waals surface area contributed by atoms with E-state index in [4.69, 9.17) is 18.9 Å². The zero-order valence-electron chi connectivity index (χ0n) is 12.8. The first-order valence-electron chi connectivity index (χ1n) is 7.06. The quantitative estimate of drug-likeness (QED) is 0.435. The van der Waals surface area contributed by atoms with E-state index >= 15 is 0 Å². The summed E-state index contributed by atoms with van der Waals surface area (Å²) >= 11 is 0. The smallest absolute Gasteiger partial charge is 0.188 e. The normalized spacial score (nSPS) is 10.8. The van der Waals surface area contributed by atoms with E-state index in [2.05, 4.69) is 0 Å². The Morgan fingerprint density at radius 3 is 2.19 bits per heavy atom. The number of rotatable bonds is 12. The van der Waals surface area contributed by atoms with Crippen LogP contribution in [0.15, 0.2) is 24.3 Å². The van der Waals surface area contributed by atoms with Crippen LogP contribution in [-0.2, 0) is 18.9 Å². The van der Waals surface area contributed by atoms with E-state index in [0.717, 1.165) is 5.56 Å². The number of ketones is 1. The molecule has 0 atom stereocenters. The average Bonchev–Trinajstić information content (AvgIpc) is 2.49. The van der Waals surface area contributed by atoms with Crippen molar-refractivity contribution in [3.8, 4) is 0 Å². The van der Waals surface area contributed by atoms with Gasteiger partial charge in [-0.3, -0.25) is 4.79 Å². The standard InChI is InChI=1S/C16H24O5/c1-14-4-3-5-15(12-14)16(17)13-21-11-10-20-9-8-19-7-6-18-2/h3-5,12H,6-11,13H2,1-2H3. The molecule has 21 heavy (non-hydrogen) atoms. The molecule has 0 fully saturated rings. The van der Waals surface area contributed by atoms with E-state index in [9.17, 15) is 4.79 Å². The molecular weight excluding hydrogens is 272 g/mol. The van der Waals surface area contributed by atoms with Gasteiger partial charge in [0.1, 0.15) is 6.61 Å². The molecule has 0 heterocycles. The fraction of sp³-hybridized carbons (Fsp3) is 0.562. The lowest BCUT2D eigenvalue weighted by Gasteiger charge is -2.06. The molecule has 118 valence electrons. The zero-order chi connectivity index (χ0) is 15.3. The highest BCUT2D eigenvalue weighted by Gasteiger charge is 2.05. The van der Waals surface area contributed by atoms with Crippen molar-refractivity contribution in [1.82, 2.24) is 0 Å². The van der Waals surface area contributed by atoms with Gasteiger partial charge in [-0.25, -0.2) is 0 Å². The minimum absolute atomic E-state index is 0.0124. The SMILES string of the molecule is COCCOCCOCCOCC(=O)c1cccc(C)c1. The van der Waals surface area contributed by atoms with E-state index in [1.165, 1.54) is 0 Å². The minimum Gasteiger partial charge on any atom is -0.382 e. The summed E-state index contributed by atoms with van der Waals surface area (Å²) in [5, 5.41) is 0. The van der Waals surface area contributed by atoms with E-state index in [1.807, 2.05) is 25.1 Å². The van der Waals surface area contributed by atoms with Crippen molar-refractivity contribution in [2.75, 3.05) is 53.4 Å². The van der Waals surface area contributed by atoms with Gasteiger partial charge in [-0.15, -0.1) is 0 Å². The third-order valence-electron chi connectivity index (χ3n) is 2.75. The minimum atomic E-state index is -0.0124. The molecule has 1 aromatic rings. The maximum absolute atomic E-state index is 11.8. The molecule has 5 nitrogen and oxygen atoms in total. The van der Waals surface area contributed by atoms with Crippen molar-refractivity contribution in [2.45, 2.75) is 6.92 Å². The molecule has 0 aliphatic rings. The Morgan fingerprint density at radius 1 is 0.952 bits per heavy atom. The summed E-state index contributed by atoms with van der Waals surface area (Å²) in [5.41, 5.74) is 1.75. The predicted octanol–water partition coefficient (Wildman–Crippen LogP) is 1.87. The third-order valence-corrected chi connectivity index (χ3v) is 2.75. The van der Waals surface area contributed by atoms with Gasteiger partial charge in [0.15, 0.2) is 5.78 Å². The first-order chi connectivity index (χ1) is 10.2. The first kappa shape index (κ1) is 17.8. The summed E-state index contributed by atoms with van der Waals surface area (Å²) in [6.45, 7) is 5.09. The maximum atomic E-state index is 11.8. The van der Waals surface area contributed by atoms with Crippen LogP contribution in [0.5, 0.6) is 0 Å². The molecule has 0 aliphatic carbocycles. The number of ether oxygens (including phenoxy) is 4. The molecular formula is C16H24O5. The third kappa shape index (κ3) is 8.57. The lowest BCUT2D eigenvalue weighted by atomic mass is 10.1. The van der Waals surface area contributed by atoms with Crippen molar-refractivity contribution in [1.29, 1.82) is 0 Å². The number of benzene rings is 1. The van der Waals surface area contributed by atoms with Crippen LogP contribution < -0.4 is 0 Å². The van der Waals surface area contributed by atoms with Crippen LogP contribution in [0.4, 0.5) is 0 Å². The highest BCUT2D eigenvalue weighted by atomic mass is 16.6. The van der Waals surface area contributed by atoms with Gasteiger partial charge in [0.05, 0.1) is 39.6 Å². The van der Waals surface area contributed by atoms with Gasteiger partial charge in [-0.05, 0) is 13.0 Å². The van der Waals surface area contributed by atoms with Crippen LogP contribution in [0.3, 0.4) is 0 Å². The van der Waals surface area contributed by atoms with Crippen molar-refractivity contribution in [3.05, 3.63) is 35.4 Å². The summed E-state index contributed by atoms with van der Waals surface area (Å²) < 4.78 is 20.7. The molecule has 5 heteroatoms. The summed E-state index contributed by atoms with van der Waals surface area (Å²) in [7, 11) is 1.63. The number of Topliss-reactive ketones (excluding diaryl/α,β-unsaturated/α-hetero) is 1. The van der Waals surface area contributed by atoms with Crippen molar-refractivity contribution < 1.29 is 23.7 Å². The van der Waals surface area contributed by atoms with Crippen LogP contribution in [0.1, 0.15) is 15.9 Å². The van der Waals surface area contributed by atoms with Gasteiger partial charge in [-0.1, -0.05) is 23.8 Å². The molecule has 0 spiro atoms. The molecule has 1 aromatic carbocycles. The summed E-state index contributed by atoms with van der Waals surface area (Å²) in [6.07, 6.45) is 0. The summed E-state index contributed by atoms with van der Waals surface area (Å²) in [4.78, 5) is 11.8. The number of hydrogen-bond acceptors (Lipinski definition) is 5. The number of hydrogen-bond donors (Lipinski definition) is 0. The number of carbonyl (C=O) groups is 1. The fourth-order valence-corrected chi connectivity index (χ4v) is 1.65. The molecule has 1 rings (SSSR count). The second kappa shape index (κ2) is 11.4. The lowest BCUT2D eigenvalue weighted by molar-refractivity contribution is 0.00492. The van der Waals surface area contributed by atoms with Gasteiger partial charge in [0.25, 0.3) is 0 Å². The monoisotopic (exact) mass is 296 g/mol. The van der Waals surface area contributed by atoms with Crippen molar-refractivity contribution in [3.63, 3.8) is 0 Å². The number of aryl methyl sites for hydroxylation is 1. The Morgan fingerprint density at radius 2 is 1.57 bits per heavy atom. The van der Waals surface area contributed by atoms with Gasteiger partial charge in [0.2, 0.25) is 0 Å². The molecule has 0 aliphatic heterocycles. The first-order valence-corrected chi connectivity index (χ1v) is 7.06. The van der Waals surface area contributed by atoms with E-state index in [-0.39, 0.29) is 12.4 Å². The van der Waals surface area contributed by atoms with E-state index in [1.54, 1.807) is 13.2 Å². The number of carbonyl (C=O) groups excluding carboxylic acids is 1. The van der Waals surface area contributed by atoms with Gasteiger partial charge < -0.3 is 18.9 Å². The molecule has 0 saturated heterocycles. The van der Waals surface area contributed by atoms with Crippen LogP contribution in [0.25, 0.3) is 0 Å². The van der Waals surface area contributed by atoms with Gasteiger partial charge in [-0.2, -0.15) is 0 Å². The highest BCUT2D eigenvalue weighted by Crippen LogP contribution is 2.04. The van der Waals surface area contributed by atoms with E-state index in [0.29, 0.717) is 45.2 Å². The highest BCUT2D eigenvalue weighted by molar-refractivity contribution is 5.97. The van der Waals surface area contributed by atoms with Crippen LogP contribution >= 0.6 is 0 Å². The topological polar surface area (TPSA) is 54.0 Å². The molecule has 0 radical (unpaired) electrons. The predicted molar refractivity (Wildman–Crippen MR) is 79.8 cm³/mol. The molecule has 0 unspecified atom stereocenters. The van der Waals surface area contributed by atoms with Gasteiger partial charge >= 0.3 is 0 Å². The lowest BCUT2D eigenvalue weighted by Crippen LogP contribution is -2.14. The van der Waals surface area contributed by atoms with Crippen LogP contribution in [0.2, 0.25) is 0 Å². The second-order valence-corrected chi connectivity index (χ2v) is 4.56. The Balaban J connectivity index is 1.98. The maximum Gasteiger partial charge on any atom is 0.188 e. The Hall–Kier alpha value is -1.27. The van der Waals surface area contributed by atoms with Crippen LogP contribution in [0, 0.1) is 6.92 Å². The Kier molecular flexibility index (Phi) is 9.65. The van der Waals surface area contributed by atoms with Crippen LogP contribution in [-0.4, -0.2) is 59.1 Å². The molecule has 0 saturated carbocycles.